The molecule has 0 aliphatic rings. The smallest absolute Gasteiger partial charge is 0.124 e. The van der Waals surface area contributed by atoms with Crippen molar-refractivity contribution in [3.05, 3.63) is 64.7 Å². The number of aromatic nitrogens is 1. The highest BCUT2D eigenvalue weighted by molar-refractivity contribution is 5.33. The number of nitriles is 1. The quantitative estimate of drug-likeness (QED) is 0.913. The summed E-state index contributed by atoms with van der Waals surface area (Å²) in [5.74, 6) is -0.381. The maximum Gasteiger partial charge on any atom is 0.124 e. The zero-order valence-corrected chi connectivity index (χ0v) is 10.7. The molecule has 0 aliphatic carbocycles. The monoisotopic (exact) mass is 255 g/mol. The molecule has 0 aliphatic heterocycles. The molecule has 0 fully saturated rings. The Morgan fingerprint density at radius 2 is 2.16 bits per heavy atom. The van der Waals surface area contributed by atoms with Crippen LogP contribution in [-0.2, 0) is 13.1 Å². The molecule has 1 aromatic heterocycles. The lowest BCUT2D eigenvalue weighted by Gasteiger charge is -2.07. The minimum absolute atomic E-state index is 0.342. The van der Waals surface area contributed by atoms with Gasteiger partial charge in [-0.2, -0.15) is 5.26 Å². The van der Waals surface area contributed by atoms with E-state index in [1.54, 1.807) is 12.3 Å². The van der Waals surface area contributed by atoms with Gasteiger partial charge >= 0.3 is 0 Å². The maximum atomic E-state index is 13.2. The Morgan fingerprint density at radius 3 is 2.89 bits per heavy atom. The molecular formula is C15H14FN3. The highest BCUT2D eigenvalue weighted by Gasteiger charge is 2.01. The van der Waals surface area contributed by atoms with E-state index in [9.17, 15) is 4.39 Å². The SMILES string of the molecule is Cc1ccncc1CNCc1cc(F)cc(C#N)c1. The second-order valence-corrected chi connectivity index (χ2v) is 4.37. The van der Waals surface area contributed by atoms with Gasteiger partial charge in [0, 0.05) is 25.5 Å². The van der Waals surface area contributed by atoms with E-state index < -0.39 is 0 Å². The zero-order chi connectivity index (χ0) is 13.7. The molecule has 1 aromatic carbocycles. The number of nitrogens with zero attached hydrogens (tertiary/aromatic N) is 2. The average Bonchev–Trinajstić information content (AvgIpc) is 2.40. The summed E-state index contributed by atoms with van der Waals surface area (Å²) >= 11 is 0. The van der Waals surface area contributed by atoms with E-state index in [2.05, 4.69) is 10.3 Å². The molecular weight excluding hydrogens is 241 g/mol. The molecule has 96 valence electrons. The first-order valence-corrected chi connectivity index (χ1v) is 5.99. The maximum absolute atomic E-state index is 13.2. The minimum Gasteiger partial charge on any atom is -0.309 e. The van der Waals surface area contributed by atoms with Crippen LogP contribution in [0.3, 0.4) is 0 Å². The molecule has 0 spiro atoms. The van der Waals surface area contributed by atoms with Crippen LogP contribution >= 0.6 is 0 Å². The van der Waals surface area contributed by atoms with Gasteiger partial charge in [0.05, 0.1) is 11.6 Å². The normalized spacial score (nSPS) is 10.2. The summed E-state index contributed by atoms with van der Waals surface area (Å²) in [6, 6.07) is 8.25. The number of hydrogen-bond acceptors (Lipinski definition) is 3. The lowest BCUT2D eigenvalue weighted by Crippen LogP contribution is -2.14. The van der Waals surface area contributed by atoms with Crippen molar-refractivity contribution in [2.45, 2.75) is 20.0 Å². The van der Waals surface area contributed by atoms with Gasteiger partial charge in [-0.1, -0.05) is 0 Å². The van der Waals surface area contributed by atoms with Gasteiger partial charge in [0.1, 0.15) is 5.82 Å². The van der Waals surface area contributed by atoms with Gasteiger partial charge in [0.2, 0.25) is 0 Å². The van der Waals surface area contributed by atoms with Crippen LogP contribution in [0.25, 0.3) is 0 Å². The minimum atomic E-state index is -0.381. The van der Waals surface area contributed by atoms with Crippen molar-refractivity contribution in [3.8, 4) is 6.07 Å². The average molecular weight is 255 g/mol. The van der Waals surface area contributed by atoms with Crippen molar-refractivity contribution in [1.29, 1.82) is 5.26 Å². The van der Waals surface area contributed by atoms with Gasteiger partial charge in [0.15, 0.2) is 0 Å². The van der Waals surface area contributed by atoms with Crippen LogP contribution in [0.5, 0.6) is 0 Å². The lowest BCUT2D eigenvalue weighted by atomic mass is 10.1. The van der Waals surface area contributed by atoms with E-state index in [4.69, 9.17) is 5.26 Å². The molecule has 0 saturated carbocycles. The zero-order valence-electron chi connectivity index (χ0n) is 10.7. The summed E-state index contributed by atoms with van der Waals surface area (Å²) in [6.45, 7) is 3.20. The first kappa shape index (κ1) is 13.2. The Balaban J connectivity index is 1.98. The van der Waals surface area contributed by atoms with Crippen LogP contribution in [0.1, 0.15) is 22.3 Å². The predicted molar refractivity (Wildman–Crippen MR) is 70.6 cm³/mol. The molecule has 2 rings (SSSR count). The topological polar surface area (TPSA) is 48.7 Å². The van der Waals surface area contributed by atoms with Crippen molar-refractivity contribution in [2.75, 3.05) is 0 Å². The molecule has 0 bridgehead atoms. The Bertz CT molecular complexity index is 617. The molecule has 1 heterocycles. The van der Waals surface area contributed by atoms with Crippen molar-refractivity contribution < 1.29 is 4.39 Å². The van der Waals surface area contributed by atoms with Gasteiger partial charge in [-0.3, -0.25) is 4.98 Å². The molecule has 3 nitrogen and oxygen atoms in total. The van der Waals surface area contributed by atoms with Crippen molar-refractivity contribution in [2.24, 2.45) is 0 Å². The fourth-order valence-corrected chi connectivity index (χ4v) is 1.84. The Labute approximate surface area is 111 Å². The third-order valence-corrected chi connectivity index (χ3v) is 2.88. The molecule has 0 atom stereocenters. The van der Waals surface area contributed by atoms with Gasteiger partial charge < -0.3 is 5.32 Å². The molecule has 19 heavy (non-hydrogen) atoms. The van der Waals surface area contributed by atoms with Crippen LogP contribution in [-0.4, -0.2) is 4.98 Å². The van der Waals surface area contributed by atoms with Crippen LogP contribution in [0.15, 0.2) is 36.7 Å². The van der Waals surface area contributed by atoms with Crippen LogP contribution < -0.4 is 5.32 Å². The van der Waals surface area contributed by atoms with E-state index in [1.165, 1.54) is 17.7 Å². The Morgan fingerprint density at radius 1 is 1.32 bits per heavy atom. The van der Waals surface area contributed by atoms with Crippen LogP contribution in [0.4, 0.5) is 4.39 Å². The third-order valence-electron chi connectivity index (χ3n) is 2.88. The largest absolute Gasteiger partial charge is 0.309 e. The summed E-state index contributed by atoms with van der Waals surface area (Å²) in [4.78, 5) is 4.07. The van der Waals surface area contributed by atoms with E-state index in [-0.39, 0.29) is 5.82 Å². The second-order valence-electron chi connectivity index (χ2n) is 4.37. The lowest BCUT2D eigenvalue weighted by molar-refractivity contribution is 0.619. The third kappa shape index (κ3) is 3.60. The summed E-state index contributed by atoms with van der Waals surface area (Å²) in [5, 5.41) is 12.0. The predicted octanol–water partition coefficient (Wildman–Crippen LogP) is 2.69. The number of benzene rings is 1. The highest BCUT2D eigenvalue weighted by atomic mass is 19.1. The van der Waals surface area contributed by atoms with Crippen molar-refractivity contribution in [3.63, 3.8) is 0 Å². The van der Waals surface area contributed by atoms with Gasteiger partial charge in [-0.15, -0.1) is 0 Å². The molecule has 1 N–H and O–H groups in total. The van der Waals surface area contributed by atoms with Gasteiger partial charge in [0.25, 0.3) is 0 Å². The summed E-state index contributed by atoms with van der Waals surface area (Å²) in [5.41, 5.74) is 3.38. The van der Waals surface area contributed by atoms with E-state index in [0.29, 0.717) is 18.7 Å². The first-order valence-electron chi connectivity index (χ1n) is 5.99. The van der Waals surface area contributed by atoms with Crippen LogP contribution in [0.2, 0.25) is 0 Å². The molecule has 2 aromatic rings. The fourth-order valence-electron chi connectivity index (χ4n) is 1.84. The summed E-state index contributed by atoms with van der Waals surface area (Å²) in [6.07, 6.45) is 3.57. The highest BCUT2D eigenvalue weighted by Crippen LogP contribution is 2.09. The number of rotatable bonds is 4. The second kappa shape index (κ2) is 6.07. The number of halogens is 1. The van der Waals surface area contributed by atoms with E-state index >= 15 is 0 Å². The fraction of sp³-hybridized carbons (Fsp3) is 0.200. The van der Waals surface area contributed by atoms with Crippen molar-refractivity contribution >= 4 is 0 Å². The molecule has 0 unspecified atom stereocenters. The Kier molecular flexibility index (Phi) is 4.22. The molecule has 4 heteroatoms. The van der Waals surface area contributed by atoms with Crippen LogP contribution in [0, 0.1) is 24.1 Å². The van der Waals surface area contributed by atoms with Crippen molar-refractivity contribution in [1.82, 2.24) is 10.3 Å². The summed E-state index contributed by atoms with van der Waals surface area (Å²) in [7, 11) is 0. The van der Waals surface area contributed by atoms with Gasteiger partial charge in [-0.05, 0) is 47.9 Å². The summed E-state index contributed by atoms with van der Waals surface area (Å²) < 4.78 is 13.2. The van der Waals surface area contributed by atoms with E-state index in [0.717, 1.165) is 11.1 Å². The number of aryl methyl sites for hydroxylation is 1. The Hall–Kier alpha value is -2.25. The molecule has 0 amide bonds. The molecule has 0 radical (unpaired) electrons. The standard InChI is InChI=1S/C15H14FN3/c1-11-2-3-18-9-14(11)10-19-8-13-4-12(7-17)5-15(16)6-13/h2-6,9,19H,8,10H2,1H3. The number of hydrogen-bond donors (Lipinski definition) is 1. The number of pyridine rings is 1. The first-order chi connectivity index (χ1) is 9.19. The van der Waals surface area contributed by atoms with Gasteiger partial charge in [-0.25, -0.2) is 4.39 Å². The van der Waals surface area contributed by atoms with E-state index in [1.807, 2.05) is 25.3 Å². The number of nitrogens with one attached hydrogen (secondary N) is 1. The molecule has 0 saturated heterocycles.